The first-order valence-corrected chi connectivity index (χ1v) is 14.5. The molecule has 0 spiro atoms. The van der Waals surface area contributed by atoms with E-state index in [0.29, 0.717) is 0 Å². The van der Waals surface area contributed by atoms with Crippen molar-refractivity contribution in [2.24, 2.45) is 29.6 Å². The zero-order valence-corrected chi connectivity index (χ0v) is 22.6. The van der Waals surface area contributed by atoms with Crippen molar-refractivity contribution in [2.45, 2.75) is 164 Å². The maximum absolute atomic E-state index is 2.63. The summed E-state index contributed by atoms with van der Waals surface area (Å²) < 4.78 is 0. The zero-order chi connectivity index (χ0) is 22.6. The molecule has 0 saturated heterocycles. The molecule has 0 aliphatic rings. The number of hydrogen-bond donors (Lipinski definition) is 0. The lowest BCUT2D eigenvalue weighted by atomic mass is 9.67. The predicted molar refractivity (Wildman–Crippen MR) is 140 cm³/mol. The molecular weight excluding hydrogens is 360 g/mol. The maximum Gasteiger partial charge on any atom is -0.0355 e. The maximum atomic E-state index is 2.63. The third-order valence-electron chi connectivity index (χ3n) is 8.16. The third kappa shape index (κ3) is 14.1. The molecule has 5 atom stereocenters. The summed E-state index contributed by atoms with van der Waals surface area (Å²) >= 11 is 0. The summed E-state index contributed by atoms with van der Waals surface area (Å²) in [5.74, 6) is 4.62. The van der Waals surface area contributed by atoms with Crippen molar-refractivity contribution in [1.82, 2.24) is 0 Å². The summed E-state index contributed by atoms with van der Waals surface area (Å²) in [6, 6.07) is 0. The molecule has 30 heavy (non-hydrogen) atoms. The van der Waals surface area contributed by atoms with Gasteiger partial charge in [-0.25, -0.2) is 0 Å². The highest BCUT2D eigenvalue weighted by Gasteiger charge is 2.32. The van der Waals surface area contributed by atoms with Crippen LogP contribution in [0.3, 0.4) is 0 Å². The Kier molecular flexibility index (Phi) is 20.9. The Balaban J connectivity index is 5.05. The van der Waals surface area contributed by atoms with Crippen LogP contribution in [0.25, 0.3) is 0 Å². The minimum atomic E-state index is 0.896. The van der Waals surface area contributed by atoms with E-state index in [0.717, 1.165) is 29.6 Å². The Morgan fingerprint density at radius 2 is 0.767 bits per heavy atom. The highest BCUT2D eigenvalue weighted by molar-refractivity contribution is 4.82. The predicted octanol–water partition coefficient (Wildman–Crippen LogP) is 11.2. The van der Waals surface area contributed by atoms with Crippen LogP contribution in [-0.2, 0) is 0 Å². The summed E-state index contributed by atoms with van der Waals surface area (Å²) in [6.07, 6.45) is 25.8. The van der Waals surface area contributed by atoms with E-state index in [9.17, 15) is 0 Å². The first-order valence-electron chi connectivity index (χ1n) is 14.5. The highest BCUT2D eigenvalue weighted by Crippen LogP contribution is 2.41. The summed E-state index contributed by atoms with van der Waals surface area (Å²) in [7, 11) is 0. The molecule has 0 nitrogen and oxygen atoms in total. The van der Waals surface area contributed by atoms with Gasteiger partial charge in [0.15, 0.2) is 0 Å². The van der Waals surface area contributed by atoms with Crippen molar-refractivity contribution >= 4 is 0 Å². The van der Waals surface area contributed by atoms with Gasteiger partial charge in [-0.3, -0.25) is 0 Å². The fraction of sp³-hybridized carbons (Fsp3) is 1.00. The lowest BCUT2D eigenvalue weighted by Gasteiger charge is -2.39. The molecule has 0 saturated carbocycles. The zero-order valence-electron chi connectivity index (χ0n) is 22.6. The van der Waals surface area contributed by atoms with Crippen molar-refractivity contribution in [3.63, 3.8) is 0 Å². The Morgan fingerprint density at radius 1 is 0.367 bits per heavy atom. The normalized spacial score (nSPS) is 16.9. The molecule has 182 valence electrons. The molecule has 0 aromatic carbocycles. The Bertz CT molecular complexity index is 333. The van der Waals surface area contributed by atoms with Gasteiger partial charge in [0.05, 0.1) is 0 Å². The minimum Gasteiger partial charge on any atom is -0.0654 e. The van der Waals surface area contributed by atoms with Gasteiger partial charge in [0.2, 0.25) is 0 Å². The monoisotopic (exact) mass is 422 g/mol. The van der Waals surface area contributed by atoms with Gasteiger partial charge in [-0.15, -0.1) is 0 Å². The minimum absolute atomic E-state index is 0.896. The van der Waals surface area contributed by atoms with Crippen molar-refractivity contribution in [3.8, 4) is 0 Å². The third-order valence-corrected chi connectivity index (χ3v) is 8.16. The fourth-order valence-corrected chi connectivity index (χ4v) is 5.72. The molecule has 5 unspecified atom stereocenters. The molecule has 0 aliphatic heterocycles. The first kappa shape index (κ1) is 30.0. The standard InChI is InChI=1S/C30H62/c1-8-12-16-18-20-22-26(5)28(7)30(24-15-11-4)29(25-21-17-13-9-2)27(6)23-19-14-10-3/h26-30H,8-25H2,1-7H3. The van der Waals surface area contributed by atoms with E-state index in [-0.39, 0.29) is 0 Å². The van der Waals surface area contributed by atoms with Gasteiger partial charge in [-0.05, 0) is 42.4 Å². The second-order valence-electron chi connectivity index (χ2n) is 10.8. The molecule has 0 radical (unpaired) electrons. The highest BCUT2D eigenvalue weighted by atomic mass is 14.4. The van der Waals surface area contributed by atoms with Gasteiger partial charge in [0.25, 0.3) is 0 Å². The summed E-state index contributed by atoms with van der Waals surface area (Å²) in [5, 5.41) is 0. The summed E-state index contributed by atoms with van der Waals surface area (Å²) in [6.45, 7) is 17.2. The van der Waals surface area contributed by atoms with E-state index in [4.69, 9.17) is 0 Å². The number of rotatable bonds is 22. The molecule has 0 heteroatoms. The molecule has 0 aromatic rings. The van der Waals surface area contributed by atoms with Crippen molar-refractivity contribution < 1.29 is 0 Å². The second-order valence-corrected chi connectivity index (χ2v) is 10.8. The van der Waals surface area contributed by atoms with Crippen LogP contribution in [-0.4, -0.2) is 0 Å². The van der Waals surface area contributed by atoms with Crippen molar-refractivity contribution in [2.75, 3.05) is 0 Å². The van der Waals surface area contributed by atoms with E-state index in [1.807, 2.05) is 0 Å². The molecular formula is C30H62. The lowest BCUT2D eigenvalue weighted by Crippen LogP contribution is -2.30. The van der Waals surface area contributed by atoms with Crippen LogP contribution < -0.4 is 0 Å². The summed E-state index contributed by atoms with van der Waals surface area (Å²) in [5.41, 5.74) is 0. The number of hydrogen-bond acceptors (Lipinski definition) is 0. The second kappa shape index (κ2) is 20.9. The molecule has 0 fully saturated rings. The molecule has 0 rings (SSSR count). The van der Waals surface area contributed by atoms with E-state index in [2.05, 4.69) is 48.5 Å². The largest absolute Gasteiger partial charge is 0.0654 e. The molecule has 0 aromatic heterocycles. The Morgan fingerprint density at radius 3 is 1.37 bits per heavy atom. The lowest BCUT2D eigenvalue weighted by molar-refractivity contribution is 0.108. The average molecular weight is 423 g/mol. The first-order chi connectivity index (χ1) is 14.5. The van der Waals surface area contributed by atoms with Crippen LogP contribution in [0.5, 0.6) is 0 Å². The van der Waals surface area contributed by atoms with Crippen LogP contribution in [0, 0.1) is 29.6 Å². The van der Waals surface area contributed by atoms with E-state index in [1.165, 1.54) is 116 Å². The van der Waals surface area contributed by atoms with Crippen LogP contribution in [0.15, 0.2) is 0 Å². The smallest absolute Gasteiger partial charge is 0.0355 e. The molecule has 0 bridgehead atoms. The van der Waals surface area contributed by atoms with E-state index < -0.39 is 0 Å². The van der Waals surface area contributed by atoms with Crippen molar-refractivity contribution in [1.29, 1.82) is 0 Å². The van der Waals surface area contributed by atoms with Gasteiger partial charge in [-0.2, -0.15) is 0 Å². The SMILES string of the molecule is CCCCCCCC(C)C(C)C(CCCC)C(CCCCCC)C(C)CCCCC. The van der Waals surface area contributed by atoms with Gasteiger partial charge in [0, 0.05) is 0 Å². The van der Waals surface area contributed by atoms with E-state index >= 15 is 0 Å². The van der Waals surface area contributed by atoms with Gasteiger partial charge in [0.1, 0.15) is 0 Å². The number of unbranched alkanes of at least 4 members (excludes halogenated alkanes) is 10. The van der Waals surface area contributed by atoms with Crippen LogP contribution in [0.1, 0.15) is 164 Å². The van der Waals surface area contributed by atoms with Crippen LogP contribution >= 0.6 is 0 Å². The van der Waals surface area contributed by atoms with Crippen LogP contribution in [0.4, 0.5) is 0 Å². The molecule has 0 heterocycles. The van der Waals surface area contributed by atoms with Gasteiger partial charge >= 0.3 is 0 Å². The van der Waals surface area contributed by atoms with Gasteiger partial charge < -0.3 is 0 Å². The Hall–Kier alpha value is 0. The molecule has 0 amide bonds. The Labute approximate surface area is 193 Å². The molecule has 0 N–H and O–H groups in total. The average Bonchev–Trinajstić information content (AvgIpc) is 2.74. The topological polar surface area (TPSA) is 0 Å². The van der Waals surface area contributed by atoms with Gasteiger partial charge in [-0.1, -0.05) is 151 Å². The molecule has 0 aliphatic carbocycles. The fourth-order valence-electron chi connectivity index (χ4n) is 5.72. The quantitative estimate of drug-likeness (QED) is 0.152. The van der Waals surface area contributed by atoms with Crippen molar-refractivity contribution in [3.05, 3.63) is 0 Å². The van der Waals surface area contributed by atoms with E-state index in [1.54, 1.807) is 0 Å². The summed E-state index contributed by atoms with van der Waals surface area (Å²) in [4.78, 5) is 0. The van der Waals surface area contributed by atoms with Crippen LogP contribution in [0.2, 0.25) is 0 Å².